The lowest BCUT2D eigenvalue weighted by Crippen LogP contribution is -2.25. The summed E-state index contributed by atoms with van der Waals surface area (Å²) in [5.74, 6) is 0.422. The van der Waals surface area contributed by atoms with Crippen molar-refractivity contribution in [1.29, 1.82) is 0 Å². The van der Waals surface area contributed by atoms with Crippen molar-refractivity contribution in [3.63, 3.8) is 0 Å². The second-order valence-electron chi connectivity index (χ2n) is 3.66. The Hall–Kier alpha value is -0.830. The first-order valence-electron chi connectivity index (χ1n) is 4.75. The summed E-state index contributed by atoms with van der Waals surface area (Å²) < 4.78 is 1.04. The van der Waals surface area contributed by atoms with E-state index in [1.807, 2.05) is 36.1 Å². The second-order valence-corrected chi connectivity index (χ2v) is 4.57. The van der Waals surface area contributed by atoms with Crippen molar-refractivity contribution in [1.82, 2.24) is 0 Å². The molecule has 1 atom stereocenters. The molecule has 14 heavy (non-hydrogen) atoms. The molecule has 0 radical (unpaired) electrons. The predicted molar refractivity (Wildman–Crippen MR) is 60.3 cm³/mol. The van der Waals surface area contributed by atoms with Gasteiger partial charge in [-0.15, -0.1) is 0 Å². The first-order chi connectivity index (χ1) is 6.68. The third kappa shape index (κ3) is 1.69. The molecule has 0 spiro atoms. The molecule has 0 N–H and O–H groups in total. The Morgan fingerprint density at radius 1 is 1.36 bits per heavy atom. The van der Waals surface area contributed by atoms with Gasteiger partial charge in [0.05, 0.1) is 0 Å². The second kappa shape index (κ2) is 3.73. The molecular weight excluding hydrogens is 242 g/mol. The summed E-state index contributed by atoms with van der Waals surface area (Å²) in [6, 6.07) is 7.87. The average molecular weight is 254 g/mol. The van der Waals surface area contributed by atoms with Gasteiger partial charge < -0.3 is 4.90 Å². The van der Waals surface area contributed by atoms with E-state index in [0.29, 0.717) is 0 Å². The van der Waals surface area contributed by atoms with Crippen LogP contribution in [-0.4, -0.2) is 12.5 Å². The van der Waals surface area contributed by atoms with E-state index < -0.39 is 0 Å². The molecule has 1 heterocycles. The summed E-state index contributed by atoms with van der Waals surface area (Å²) in [6.45, 7) is 2.84. The van der Waals surface area contributed by atoms with Crippen molar-refractivity contribution in [3.8, 4) is 0 Å². The maximum Gasteiger partial charge on any atom is 0.229 e. The average Bonchev–Trinajstić information content (AvgIpc) is 2.50. The molecule has 74 valence electrons. The van der Waals surface area contributed by atoms with Gasteiger partial charge in [-0.1, -0.05) is 22.9 Å². The van der Waals surface area contributed by atoms with Gasteiger partial charge in [-0.05, 0) is 30.7 Å². The number of anilines is 1. The molecule has 1 aliphatic heterocycles. The maximum atomic E-state index is 11.7. The molecule has 1 aliphatic rings. The Bertz CT molecular complexity index is 347. The van der Waals surface area contributed by atoms with Crippen LogP contribution in [0.1, 0.15) is 13.3 Å². The fourth-order valence-corrected chi connectivity index (χ4v) is 1.96. The standard InChI is InChI=1S/C11H12BrNO/c1-8-6-7-13(11(8)14)10-4-2-9(12)3-5-10/h2-5,8H,6-7H2,1H3. The lowest BCUT2D eigenvalue weighted by Gasteiger charge is -2.15. The highest BCUT2D eigenvalue weighted by Crippen LogP contribution is 2.25. The van der Waals surface area contributed by atoms with Crippen molar-refractivity contribution >= 4 is 27.5 Å². The molecule has 2 rings (SSSR count). The van der Waals surface area contributed by atoms with Gasteiger partial charge in [0.2, 0.25) is 5.91 Å². The predicted octanol–water partition coefficient (Wildman–Crippen LogP) is 2.82. The summed E-state index contributed by atoms with van der Waals surface area (Å²) in [5.41, 5.74) is 1.00. The number of rotatable bonds is 1. The zero-order chi connectivity index (χ0) is 10.1. The summed E-state index contributed by atoms with van der Waals surface area (Å²) in [6.07, 6.45) is 0.967. The van der Waals surface area contributed by atoms with E-state index in [9.17, 15) is 4.79 Å². The van der Waals surface area contributed by atoms with Crippen LogP contribution in [-0.2, 0) is 4.79 Å². The minimum absolute atomic E-state index is 0.179. The minimum atomic E-state index is 0.179. The summed E-state index contributed by atoms with van der Waals surface area (Å²) in [5, 5.41) is 0. The van der Waals surface area contributed by atoms with E-state index in [4.69, 9.17) is 0 Å². The number of benzene rings is 1. The Balaban J connectivity index is 2.24. The molecule has 0 aromatic heterocycles. The van der Waals surface area contributed by atoms with Crippen molar-refractivity contribution in [2.45, 2.75) is 13.3 Å². The molecule has 1 aromatic carbocycles. The largest absolute Gasteiger partial charge is 0.312 e. The van der Waals surface area contributed by atoms with Gasteiger partial charge in [0.25, 0.3) is 0 Å². The lowest BCUT2D eigenvalue weighted by molar-refractivity contribution is -0.119. The highest BCUT2D eigenvalue weighted by Gasteiger charge is 2.28. The topological polar surface area (TPSA) is 20.3 Å². The Morgan fingerprint density at radius 2 is 2.00 bits per heavy atom. The number of carbonyl (C=O) groups excluding carboxylic acids is 1. The summed E-state index contributed by atoms with van der Waals surface area (Å²) >= 11 is 3.38. The highest BCUT2D eigenvalue weighted by atomic mass is 79.9. The molecule has 1 aromatic rings. The number of amides is 1. The van der Waals surface area contributed by atoms with Crippen LogP contribution in [0.15, 0.2) is 28.7 Å². The maximum absolute atomic E-state index is 11.7. The molecule has 1 amide bonds. The van der Waals surface area contributed by atoms with E-state index in [-0.39, 0.29) is 11.8 Å². The van der Waals surface area contributed by atoms with Crippen molar-refractivity contribution in [2.75, 3.05) is 11.4 Å². The van der Waals surface area contributed by atoms with Crippen LogP contribution in [0.2, 0.25) is 0 Å². The van der Waals surface area contributed by atoms with Crippen molar-refractivity contribution < 1.29 is 4.79 Å². The van der Waals surface area contributed by atoms with Crippen molar-refractivity contribution in [2.24, 2.45) is 5.92 Å². The fraction of sp³-hybridized carbons (Fsp3) is 0.364. The zero-order valence-electron chi connectivity index (χ0n) is 8.03. The van der Waals surface area contributed by atoms with Crippen LogP contribution in [0.5, 0.6) is 0 Å². The summed E-state index contributed by atoms with van der Waals surface area (Å²) in [4.78, 5) is 13.6. The molecule has 1 saturated heterocycles. The minimum Gasteiger partial charge on any atom is -0.312 e. The SMILES string of the molecule is CC1CCN(c2ccc(Br)cc2)C1=O. The van der Waals surface area contributed by atoms with Crippen molar-refractivity contribution in [3.05, 3.63) is 28.7 Å². The van der Waals surface area contributed by atoms with Gasteiger partial charge in [-0.2, -0.15) is 0 Å². The number of carbonyl (C=O) groups is 1. The first kappa shape index (κ1) is 9.71. The monoisotopic (exact) mass is 253 g/mol. The fourth-order valence-electron chi connectivity index (χ4n) is 1.70. The third-order valence-electron chi connectivity index (χ3n) is 2.61. The van der Waals surface area contributed by atoms with Gasteiger partial charge in [0.1, 0.15) is 0 Å². The third-order valence-corrected chi connectivity index (χ3v) is 3.14. The highest BCUT2D eigenvalue weighted by molar-refractivity contribution is 9.10. The van der Waals surface area contributed by atoms with E-state index >= 15 is 0 Å². The van der Waals surface area contributed by atoms with Crippen LogP contribution in [0.25, 0.3) is 0 Å². The molecule has 0 saturated carbocycles. The molecule has 0 bridgehead atoms. The normalized spacial score (nSPS) is 21.7. The van der Waals surface area contributed by atoms with Gasteiger partial charge in [0.15, 0.2) is 0 Å². The smallest absolute Gasteiger partial charge is 0.229 e. The van der Waals surface area contributed by atoms with E-state index in [1.54, 1.807) is 0 Å². The number of nitrogens with zero attached hydrogens (tertiary/aromatic N) is 1. The van der Waals surface area contributed by atoms with Crippen LogP contribution in [0, 0.1) is 5.92 Å². The van der Waals surface area contributed by atoms with Crippen LogP contribution >= 0.6 is 15.9 Å². The van der Waals surface area contributed by atoms with Crippen LogP contribution < -0.4 is 4.90 Å². The number of hydrogen-bond acceptors (Lipinski definition) is 1. The molecule has 3 heteroatoms. The molecule has 1 unspecified atom stereocenters. The summed E-state index contributed by atoms with van der Waals surface area (Å²) in [7, 11) is 0. The zero-order valence-corrected chi connectivity index (χ0v) is 9.62. The van der Waals surface area contributed by atoms with E-state index in [0.717, 1.165) is 23.1 Å². The van der Waals surface area contributed by atoms with Gasteiger partial charge >= 0.3 is 0 Å². The van der Waals surface area contributed by atoms with Gasteiger partial charge in [0, 0.05) is 22.6 Å². The first-order valence-corrected chi connectivity index (χ1v) is 5.55. The van der Waals surface area contributed by atoms with E-state index in [1.165, 1.54) is 0 Å². The van der Waals surface area contributed by atoms with Gasteiger partial charge in [-0.3, -0.25) is 4.79 Å². The van der Waals surface area contributed by atoms with Gasteiger partial charge in [-0.25, -0.2) is 0 Å². The van der Waals surface area contributed by atoms with E-state index in [2.05, 4.69) is 15.9 Å². The number of hydrogen-bond donors (Lipinski definition) is 0. The molecule has 2 nitrogen and oxygen atoms in total. The quantitative estimate of drug-likeness (QED) is 0.754. The molecule has 0 aliphatic carbocycles. The Kier molecular flexibility index (Phi) is 2.59. The lowest BCUT2D eigenvalue weighted by atomic mass is 10.1. The number of halogens is 1. The molecular formula is C11H12BrNO. The van der Waals surface area contributed by atoms with Crippen LogP contribution in [0.4, 0.5) is 5.69 Å². The Labute approximate surface area is 92.0 Å². The van der Waals surface area contributed by atoms with Crippen LogP contribution in [0.3, 0.4) is 0 Å². The molecule has 1 fully saturated rings. The Morgan fingerprint density at radius 3 is 2.50 bits per heavy atom.